The molecule has 4 atom stereocenters. The van der Waals surface area contributed by atoms with E-state index in [-0.39, 0.29) is 12.0 Å². The summed E-state index contributed by atoms with van der Waals surface area (Å²) in [5.74, 6) is 1.62. The molecule has 0 saturated carbocycles. The molecular weight excluding hydrogens is 408 g/mol. The van der Waals surface area contributed by atoms with E-state index in [2.05, 4.69) is 44.3 Å². The Morgan fingerprint density at radius 3 is 2.84 bits per heavy atom. The van der Waals surface area contributed by atoms with Crippen molar-refractivity contribution in [3.63, 3.8) is 0 Å². The monoisotopic (exact) mass is 436 g/mol. The number of hydrogen-bond donors (Lipinski definition) is 2. The summed E-state index contributed by atoms with van der Waals surface area (Å²) in [5, 5.41) is 19.6. The van der Waals surface area contributed by atoms with Gasteiger partial charge in [0.25, 0.3) is 0 Å². The van der Waals surface area contributed by atoms with Gasteiger partial charge >= 0.3 is 6.01 Å². The number of ether oxygens (including phenoxy) is 2. The SMILES string of the molecule is COc1nc(N2C[C@H]3C[C@@H]2CO3)cc(-n2ncc3cc(C)c(C4CCNCC4O)cc32)n1. The second kappa shape index (κ2) is 7.68. The molecule has 0 radical (unpaired) electrons. The lowest BCUT2D eigenvalue weighted by atomic mass is 9.85. The molecule has 32 heavy (non-hydrogen) atoms. The van der Waals surface area contributed by atoms with Crippen LogP contribution in [-0.4, -0.2) is 76.5 Å². The van der Waals surface area contributed by atoms with Crippen molar-refractivity contribution in [2.24, 2.45) is 0 Å². The molecule has 3 aromatic rings. The maximum atomic E-state index is 10.6. The number of morpholine rings is 1. The topological polar surface area (TPSA) is 97.6 Å². The number of aromatic nitrogens is 4. The number of nitrogens with one attached hydrogen (secondary N) is 1. The van der Waals surface area contributed by atoms with Gasteiger partial charge in [-0.05, 0) is 49.6 Å². The summed E-state index contributed by atoms with van der Waals surface area (Å²) in [6, 6.07) is 6.97. The van der Waals surface area contributed by atoms with Crippen molar-refractivity contribution in [2.75, 3.05) is 38.3 Å². The van der Waals surface area contributed by atoms with Crippen molar-refractivity contribution in [3.8, 4) is 11.8 Å². The fraction of sp³-hybridized carbons (Fsp3) is 0.522. The molecule has 0 aliphatic carbocycles. The normalized spacial score (nSPS) is 27.4. The molecule has 2 unspecified atom stereocenters. The molecule has 9 heteroatoms. The van der Waals surface area contributed by atoms with Gasteiger partial charge < -0.3 is 24.8 Å². The zero-order chi connectivity index (χ0) is 21.8. The van der Waals surface area contributed by atoms with E-state index in [1.807, 2.05) is 16.9 Å². The Hall–Kier alpha value is -2.75. The summed E-state index contributed by atoms with van der Waals surface area (Å²) in [5.41, 5.74) is 3.31. The lowest BCUT2D eigenvalue weighted by Crippen LogP contribution is -2.39. The minimum absolute atomic E-state index is 0.111. The van der Waals surface area contributed by atoms with Crippen LogP contribution >= 0.6 is 0 Å². The second-order valence-corrected chi connectivity index (χ2v) is 9.06. The van der Waals surface area contributed by atoms with Crippen LogP contribution in [0.4, 0.5) is 5.82 Å². The molecule has 3 fully saturated rings. The highest BCUT2D eigenvalue weighted by molar-refractivity contribution is 5.82. The number of anilines is 1. The van der Waals surface area contributed by atoms with E-state index in [0.717, 1.165) is 49.3 Å². The Kier molecular flexibility index (Phi) is 4.78. The van der Waals surface area contributed by atoms with Gasteiger partial charge in [-0.2, -0.15) is 15.1 Å². The predicted molar refractivity (Wildman–Crippen MR) is 120 cm³/mol. The number of methoxy groups -OCH3 is 1. The fourth-order valence-electron chi connectivity index (χ4n) is 5.42. The van der Waals surface area contributed by atoms with Crippen LogP contribution < -0.4 is 15.0 Å². The van der Waals surface area contributed by atoms with E-state index in [1.54, 1.807) is 7.11 Å². The number of rotatable bonds is 4. The highest BCUT2D eigenvalue weighted by Crippen LogP contribution is 2.35. The lowest BCUT2D eigenvalue weighted by molar-refractivity contribution is 0.0988. The van der Waals surface area contributed by atoms with Crippen molar-refractivity contribution in [2.45, 2.75) is 43.9 Å². The van der Waals surface area contributed by atoms with E-state index in [0.29, 0.717) is 24.4 Å². The molecular formula is C23H28N6O3. The summed E-state index contributed by atoms with van der Waals surface area (Å²) in [4.78, 5) is 11.5. The number of aliphatic hydroxyl groups excluding tert-OH is 1. The third-order valence-electron chi connectivity index (χ3n) is 7.08. The number of fused-ring (bicyclic) bond motifs is 3. The minimum atomic E-state index is -0.394. The smallest absolute Gasteiger partial charge is 0.320 e. The number of β-amino-alcohol motifs (C(OH)–C–C–N with tert-alkyl or cyclic N) is 1. The van der Waals surface area contributed by atoms with Gasteiger partial charge in [-0.1, -0.05) is 0 Å². The van der Waals surface area contributed by atoms with Crippen LogP contribution in [0.5, 0.6) is 6.01 Å². The Morgan fingerprint density at radius 2 is 2.09 bits per heavy atom. The van der Waals surface area contributed by atoms with Crippen LogP contribution in [0, 0.1) is 6.92 Å². The summed E-state index contributed by atoms with van der Waals surface area (Å²) in [7, 11) is 1.59. The number of benzene rings is 1. The maximum Gasteiger partial charge on any atom is 0.320 e. The summed E-state index contributed by atoms with van der Waals surface area (Å²) in [6.45, 7) is 5.21. The standard InChI is InChI=1S/C23H28N6O3/c1-13-5-14-9-25-29(19(14)7-18(13)17-3-4-24-10-20(17)30)22-8-21(26-23(27-22)31-2)28-11-16-6-15(28)12-32-16/h5,7-9,15-17,20,24,30H,3-4,6,10-12H2,1-2H3/t15-,16-,17?,20?/m1/s1. The van der Waals surface area contributed by atoms with Crippen LogP contribution in [-0.2, 0) is 4.74 Å². The molecule has 2 aromatic heterocycles. The molecule has 0 amide bonds. The lowest BCUT2D eigenvalue weighted by Gasteiger charge is -2.30. The second-order valence-electron chi connectivity index (χ2n) is 9.06. The summed E-state index contributed by atoms with van der Waals surface area (Å²) < 4.78 is 13.0. The van der Waals surface area contributed by atoms with Gasteiger partial charge in [-0.15, -0.1) is 0 Å². The van der Waals surface area contributed by atoms with Gasteiger partial charge in [0.2, 0.25) is 0 Å². The highest BCUT2D eigenvalue weighted by Gasteiger charge is 2.40. The van der Waals surface area contributed by atoms with Gasteiger partial charge in [0, 0.05) is 30.5 Å². The molecule has 3 aliphatic heterocycles. The van der Waals surface area contributed by atoms with Gasteiger partial charge in [0.1, 0.15) is 5.82 Å². The Labute approximate surface area is 186 Å². The van der Waals surface area contributed by atoms with Crippen LogP contribution in [0.15, 0.2) is 24.4 Å². The Morgan fingerprint density at radius 1 is 1.22 bits per heavy atom. The van der Waals surface area contributed by atoms with E-state index < -0.39 is 6.10 Å². The molecule has 1 aromatic carbocycles. The summed E-state index contributed by atoms with van der Waals surface area (Å²) in [6.07, 6.45) is 3.69. The average molecular weight is 437 g/mol. The van der Waals surface area contributed by atoms with Gasteiger partial charge in [0.05, 0.1) is 43.7 Å². The van der Waals surface area contributed by atoms with Crippen molar-refractivity contribution in [1.29, 1.82) is 0 Å². The van der Waals surface area contributed by atoms with Crippen molar-refractivity contribution in [3.05, 3.63) is 35.5 Å². The first-order valence-electron chi connectivity index (χ1n) is 11.3. The number of hydrogen-bond acceptors (Lipinski definition) is 8. The Bertz CT molecular complexity index is 1160. The molecule has 5 heterocycles. The zero-order valence-electron chi connectivity index (χ0n) is 18.4. The number of piperidine rings is 1. The molecule has 168 valence electrons. The predicted octanol–water partition coefficient (Wildman–Crippen LogP) is 1.55. The third kappa shape index (κ3) is 3.23. The minimum Gasteiger partial charge on any atom is -0.467 e. The molecule has 2 bridgehead atoms. The molecule has 3 aliphatic rings. The molecule has 3 saturated heterocycles. The zero-order valence-corrected chi connectivity index (χ0v) is 18.4. The largest absolute Gasteiger partial charge is 0.467 e. The van der Waals surface area contributed by atoms with E-state index in [1.165, 1.54) is 11.1 Å². The Balaban J connectivity index is 1.44. The van der Waals surface area contributed by atoms with Gasteiger partial charge in [-0.25, -0.2) is 4.68 Å². The first kappa shape index (κ1) is 19.9. The van der Waals surface area contributed by atoms with Crippen molar-refractivity contribution < 1.29 is 14.6 Å². The molecule has 6 rings (SSSR count). The maximum absolute atomic E-state index is 10.6. The molecule has 2 N–H and O–H groups in total. The van der Waals surface area contributed by atoms with Crippen molar-refractivity contribution >= 4 is 16.7 Å². The van der Waals surface area contributed by atoms with E-state index in [9.17, 15) is 5.11 Å². The number of nitrogens with zero attached hydrogens (tertiary/aromatic N) is 5. The van der Waals surface area contributed by atoms with Gasteiger partial charge in [-0.3, -0.25) is 0 Å². The first-order valence-corrected chi connectivity index (χ1v) is 11.3. The average Bonchev–Trinajstić information content (AvgIpc) is 3.54. The first-order chi connectivity index (χ1) is 15.6. The number of aryl methyl sites for hydroxylation is 1. The number of aliphatic hydroxyl groups is 1. The van der Waals surface area contributed by atoms with Crippen LogP contribution in [0.1, 0.15) is 29.9 Å². The molecule has 0 spiro atoms. The van der Waals surface area contributed by atoms with Gasteiger partial charge in [0.15, 0.2) is 5.82 Å². The van der Waals surface area contributed by atoms with Crippen LogP contribution in [0.2, 0.25) is 0 Å². The van der Waals surface area contributed by atoms with Crippen LogP contribution in [0.3, 0.4) is 0 Å². The van der Waals surface area contributed by atoms with Crippen molar-refractivity contribution in [1.82, 2.24) is 25.1 Å². The molecule has 9 nitrogen and oxygen atoms in total. The van der Waals surface area contributed by atoms with E-state index in [4.69, 9.17) is 9.47 Å². The third-order valence-corrected chi connectivity index (χ3v) is 7.08. The quantitative estimate of drug-likeness (QED) is 0.636. The van der Waals surface area contributed by atoms with E-state index >= 15 is 0 Å². The van der Waals surface area contributed by atoms with Crippen LogP contribution in [0.25, 0.3) is 16.7 Å². The highest BCUT2D eigenvalue weighted by atomic mass is 16.5. The summed E-state index contributed by atoms with van der Waals surface area (Å²) >= 11 is 0. The fourth-order valence-corrected chi connectivity index (χ4v) is 5.42.